The maximum Gasteiger partial charge on any atom is 0.239 e. The molecule has 1 rings (SSSR count). The Hall–Kier alpha value is -1.33. The van der Waals surface area contributed by atoms with E-state index < -0.39 is 5.54 Å². The molecule has 3 N–H and O–H groups in total. The van der Waals surface area contributed by atoms with Crippen molar-refractivity contribution in [3.63, 3.8) is 0 Å². The molecule has 1 aromatic heterocycles. The number of rotatable bonds is 7. The molecule has 0 unspecified atom stereocenters. The molecule has 0 atom stereocenters. The number of ether oxygens (including phenoxy) is 1. The van der Waals surface area contributed by atoms with Crippen molar-refractivity contribution in [2.45, 2.75) is 32.4 Å². The van der Waals surface area contributed by atoms with Crippen molar-refractivity contribution >= 4 is 5.91 Å². The topological polar surface area (TPSA) is 77.5 Å². The number of hydrogen-bond acceptors (Lipinski definition) is 4. The van der Waals surface area contributed by atoms with Crippen molar-refractivity contribution in [3.8, 4) is 0 Å². The van der Waals surface area contributed by atoms with Crippen LogP contribution in [0.15, 0.2) is 22.8 Å². The molecule has 96 valence electrons. The van der Waals surface area contributed by atoms with Gasteiger partial charge in [-0.3, -0.25) is 4.79 Å². The van der Waals surface area contributed by atoms with Crippen LogP contribution >= 0.6 is 0 Å². The van der Waals surface area contributed by atoms with Crippen LogP contribution < -0.4 is 11.1 Å². The molecule has 1 heterocycles. The average molecular weight is 240 g/mol. The lowest BCUT2D eigenvalue weighted by molar-refractivity contribution is -0.125. The van der Waals surface area contributed by atoms with Crippen LogP contribution in [0, 0.1) is 0 Å². The van der Waals surface area contributed by atoms with E-state index in [2.05, 4.69) is 5.32 Å². The second-order valence-electron chi connectivity index (χ2n) is 4.46. The van der Waals surface area contributed by atoms with E-state index in [0.29, 0.717) is 19.8 Å². The fraction of sp³-hybridized carbons (Fsp3) is 0.583. The number of nitrogens with two attached hydrogens (primary N) is 1. The highest BCUT2D eigenvalue weighted by molar-refractivity contribution is 5.84. The lowest BCUT2D eigenvalue weighted by Gasteiger charge is -2.17. The van der Waals surface area contributed by atoms with E-state index in [1.165, 1.54) is 0 Å². The van der Waals surface area contributed by atoms with Gasteiger partial charge in [0.15, 0.2) is 0 Å². The molecule has 0 radical (unpaired) electrons. The van der Waals surface area contributed by atoms with Gasteiger partial charge in [-0.05, 0) is 32.4 Å². The highest BCUT2D eigenvalue weighted by atomic mass is 16.5. The summed E-state index contributed by atoms with van der Waals surface area (Å²) in [5, 5.41) is 2.75. The SMILES string of the molecule is CC(C)(N)C(=O)NCCCOCc1ccco1. The van der Waals surface area contributed by atoms with Gasteiger partial charge in [0.05, 0.1) is 11.8 Å². The van der Waals surface area contributed by atoms with Crippen molar-refractivity contribution < 1.29 is 13.9 Å². The normalized spacial score (nSPS) is 11.5. The van der Waals surface area contributed by atoms with Gasteiger partial charge in [0.25, 0.3) is 0 Å². The summed E-state index contributed by atoms with van der Waals surface area (Å²) in [5.74, 6) is 0.653. The van der Waals surface area contributed by atoms with Crippen LogP contribution in [0.4, 0.5) is 0 Å². The predicted octanol–water partition coefficient (Wildman–Crippen LogP) is 1.04. The third-order valence-electron chi connectivity index (χ3n) is 2.16. The second kappa shape index (κ2) is 6.42. The summed E-state index contributed by atoms with van der Waals surface area (Å²) < 4.78 is 10.5. The van der Waals surface area contributed by atoms with Gasteiger partial charge in [0.1, 0.15) is 12.4 Å². The molecule has 0 saturated heterocycles. The predicted molar refractivity (Wildman–Crippen MR) is 64.3 cm³/mol. The number of furan rings is 1. The Balaban J connectivity index is 2.00. The molecule has 0 aliphatic rings. The Labute approximate surface area is 101 Å². The van der Waals surface area contributed by atoms with Crippen LogP contribution in [0.3, 0.4) is 0 Å². The Bertz CT molecular complexity index is 328. The van der Waals surface area contributed by atoms with Gasteiger partial charge in [-0.2, -0.15) is 0 Å². The molecule has 1 amide bonds. The number of amides is 1. The molecule has 0 saturated carbocycles. The first-order valence-electron chi connectivity index (χ1n) is 5.67. The fourth-order valence-electron chi connectivity index (χ4n) is 1.17. The highest BCUT2D eigenvalue weighted by Gasteiger charge is 2.20. The van der Waals surface area contributed by atoms with Gasteiger partial charge in [0, 0.05) is 13.2 Å². The third-order valence-corrected chi connectivity index (χ3v) is 2.16. The largest absolute Gasteiger partial charge is 0.467 e. The number of nitrogens with one attached hydrogen (secondary N) is 1. The summed E-state index contributed by atoms with van der Waals surface area (Å²) in [4.78, 5) is 11.4. The molecule has 5 heteroatoms. The lowest BCUT2D eigenvalue weighted by atomic mass is 10.1. The van der Waals surface area contributed by atoms with Crippen molar-refractivity contribution in [1.82, 2.24) is 5.32 Å². The van der Waals surface area contributed by atoms with E-state index in [1.807, 2.05) is 12.1 Å². The first-order chi connectivity index (χ1) is 8.00. The van der Waals surface area contributed by atoms with Gasteiger partial charge in [0.2, 0.25) is 5.91 Å². The van der Waals surface area contributed by atoms with Gasteiger partial charge in [-0.25, -0.2) is 0 Å². The van der Waals surface area contributed by atoms with Gasteiger partial charge >= 0.3 is 0 Å². The van der Waals surface area contributed by atoms with Crippen molar-refractivity contribution in [2.75, 3.05) is 13.2 Å². The van der Waals surface area contributed by atoms with Crippen molar-refractivity contribution in [3.05, 3.63) is 24.2 Å². The summed E-state index contributed by atoms with van der Waals surface area (Å²) in [5.41, 5.74) is 4.80. The Morgan fingerprint density at radius 1 is 1.59 bits per heavy atom. The standard InChI is InChI=1S/C12H20N2O3/c1-12(2,13)11(15)14-6-4-7-16-9-10-5-3-8-17-10/h3,5,8H,4,6-7,9,13H2,1-2H3,(H,14,15). The zero-order valence-corrected chi connectivity index (χ0v) is 10.4. The summed E-state index contributed by atoms with van der Waals surface area (Å²) in [6.07, 6.45) is 2.37. The monoisotopic (exact) mass is 240 g/mol. The minimum absolute atomic E-state index is 0.150. The number of hydrogen-bond donors (Lipinski definition) is 2. The zero-order valence-electron chi connectivity index (χ0n) is 10.4. The van der Waals surface area contributed by atoms with E-state index in [9.17, 15) is 4.79 Å². The third kappa shape index (κ3) is 5.51. The molecule has 17 heavy (non-hydrogen) atoms. The highest BCUT2D eigenvalue weighted by Crippen LogP contribution is 2.01. The summed E-state index contributed by atoms with van der Waals surface area (Å²) in [7, 11) is 0. The maximum atomic E-state index is 11.4. The minimum Gasteiger partial charge on any atom is -0.467 e. The molecule has 0 aromatic carbocycles. The van der Waals surface area contributed by atoms with Gasteiger partial charge in [-0.15, -0.1) is 0 Å². The molecule has 0 aliphatic carbocycles. The van der Waals surface area contributed by atoms with E-state index in [1.54, 1.807) is 20.1 Å². The first kappa shape index (κ1) is 13.7. The molecule has 0 bridgehead atoms. The fourth-order valence-corrected chi connectivity index (χ4v) is 1.17. The van der Waals surface area contributed by atoms with E-state index in [-0.39, 0.29) is 5.91 Å². The van der Waals surface area contributed by atoms with Crippen molar-refractivity contribution in [1.29, 1.82) is 0 Å². The Morgan fingerprint density at radius 3 is 2.94 bits per heavy atom. The van der Waals surface area contributed by atoms with E-state index in [0.717, 1.165) is 12.2 Å². The van der Waals surface area contributed by atoms with Crippen LogP contribution in [0.2, 0.25) is 0 Å². The molecule has 1 aromatic rings. The number of carbonyl (C=O) groups is 1. The summed E-state index contributed by atoms with van der Waals surface area (Å²) in [6.45, 7) is 4.96. The Morgan fingerprint density at radius 2 is 2.35 bits per heavy atom. The maximum absolute atomic E-state index is 11.4. The molecule has 5 nitrogen and oxygen atoms in total. The molecule has 0 spiro atoms. The minimum atomic E-state index is -0.824. The summed E-state index contributed by atoms with van der Waals surface area (Å²) >= 11 is 0. The molecular weight excluding hydrogens is 220 g/mol. The summed E-state index contributed by atoms with van der Waals surface area (Å²) in [6, 6.07) is 3.68. The van der Waals surface area contributed by atoms with Crippen LogP contribution in [0.5, 0.6) is 0 Å². The van der Waals surface area contributed by atoms with Gasteiger partial charge < -0.3 is 20.2 Å². The second-order valence-corrected chi connectivity index (χ2v) is 4.46. The average Bonchev–Trinajstić information content (AvgIpc) is 2.74. The van der Waals surface area contributed by atoms with Crippen molar-refractivity contribution in [2.24, 2.45) is 5.73 Å². The lowest BCUT2D eigenvalue weighted by Crippen LogP contribution is -2.49. The Kier molecular flexibility index (Phi) is 5.18. The van der Waals surface area contributed by atoms with Crippen LogP contribution in [0.1, 0.15) is 26.0 Å². The van der Waals surface area contributed by atoms with Crippen LogP contribution in [0.25, 0.3) is 0 Å². The van der Waals surface area contributed by atoms with Crippen LogP contribution in [-0.4, -0.2) is 24.6 Å². The van der Waals surface area contributed by atoms with E-state index in [4.69, 9.17) is 14.9 Å². The quantitative estimate of drug-likeness (QED) is 0.698. The molecule has 0 fully saturated rings. The molecular formula is C12H20N2O3. The first-order valence-corrected chi connectivity index (χ1v) is 5.67. The van der Waals surface area contributed by atoms with E-state index >= 15 is 0 Å². The van der Waals surface area contributed by atoms with Gasteiger partial charge in [-0.1, -0.05) is 0 Å². The number of carbonyl (C=O) groups excluding carboxylic acids is 1. The zero-order chi connectivity index (χ0) is 12.7. The smallest absolute Gasteiger partial charge is 0.239 e. The molecule has 0 aliphatic heterocycles. The van der Waals surface area contributed by atoms with Crippen LogP contribution in [-0.2, 0) is 16.1 Å².